The third kappa shape index (κ3) is 1.93. The summed E-state index contributed by atoms with van der Waals surface area (Å²) in [6, 6.07) is 12.5. The highest BCUT2D eigenvalue weighted by Crippen LogP contribution is 2.28. The van der Waals surface area contributed by atoms with Crippen molar-refractivity contribution in [3.05, 3.63) is 54.2 Å². The Hall–Kier alpha value is -2.75. The van der Waals surface area contributed by atoms with Crippen LogP contribution in [0.1, 0.15) is 10.4 Å². The molecule has 0 saturated heterocycles. The number of aromatic hydroxyl groups is 1. The number of primary amides is 1. The van der Waals surface area contributed by atoms with Gasteiger partial charge in [0.2, 0.25) is 0 Å². The van der Waals surface area contributed by atoms with Crippen LogP contribution < -0.4 is 5.73 Å². The number of hydrogen-bond donors (Lipinski definition) is 3. The Morgan fingerprint density at radius 2 is 1.95 bits per heavy atom. The van der Waals surface area contributed by atoms with Gasteiger partial charge in [-0.25, -0.2) is 0 Å². The summed E-state index contributed by atoms with van der Waals surface area (Å²) in [6.07, 6.45) is 1.77. The average Bonchev–Trinajstić information content (AvgIpc) is 2.85. The molecule has 0 spiro atoms. The van der Waals surface area contributed by atoms with E-state index in [1.807, 2.05) is 18.2 Å². The van der Waals surface area contributed by atoms with Crippen molar-refractivity contribution in [2.45, 2.75) is 0 Å². The zero-order valence-electron chi connectivity index (χ0n) is 10.1. The lowest BCUT2D eigenvalue weighted by Gasteiger charge is -2.06. The quantitative estimate of drug-likeness (QED) is 0.655. The molecule has 2 aromatic carbocycles. The summed E-state index contributed by atoms with van der Waals surface area (Å²) in [7, 11) is 0. The summed E-state index contributed by atoms with van der Waals surface area (Å²) < 4.78 is 0. The molecule has 0 radical (unpaired) electrons. The Kier molecular flexibility index (Phi) is 2.49. The number of amides is 1. The summed E-state index contributed by atoms with van der Waals surface area (Å²) >= 11 is 0. The number of nitrogens with one attached hydrogen (secondary N) is 1. The smallest absolute Gasteiger partial charge is 0.250 e. The van der Waals surface area contributed by atoms with Crippen LogP contribution in [0.3, 0.4) is 0 Å². The molecule has 0 bridgehead atoms. The number of H-pyrrole nitrogens is 1. The number of nitrogens with two attached hydrogens (primary N) is 1. The van der Waals surface area contributed by atoms with Crippen molar-refractivity contribution >= 4 is 16.8 Å². The fourth-order valence-corrected chi connectivity index (χ4v) is 2.22. The molecule has 4 N–H and O–H groups in total. The Bertz CT molecular complexity index is 775. The first-order valence-electron chi connectivity index (χ1n) is 5.85. The van der Waals surface area contributed by atoms with Crippen LogP contribution in [0.25, 0.3) is 22.0 Å². The fraction of sp³-hybridized carbons (Fsp3) is 0. The number of phenols is 1. The number of aromatic amines is 1. The molecule has 19 heavy (non-hydrogen) atoms. The molecule has 4 heteroatoms. The van der Waals surface area contributed by atoms with Gasteiger partial charge in [0.05, 0.1) is 11.1 Å². The molecule has 1 heterocycles. The van der Waals surface area contributed by atoms with Gasteiger partial charge >= 0.3 is 0 Å². The number of carbonyl (C=O) groups excluding carboxylic acids is 1. The number of carbonyl (C=O) groups is 1. The number of aromatic nitrogens is 1. The predicted molar refractivity (Wildman–Crippen MR) is 73.9 cm³/mol. The van der Waals surface area contributed by atoms with E-state index in [2.05, 4.69) is 4.98 Å². The van der Waals surface area contributed by atoms with Crippen LogP contribution >= 0.6 is 0 Å². The molecule has 3 rings (SSSR count). The van der Waals surface area contributed by atoms with Crippen molar-refractivity contribution in [2.24, 2.45) is 5.73 Å². The first-order valence-corrected chi connectivity index (χ1v) is 5.85. The SMILES string of the molecule is NC(=O)c1cc(-c2cccc(O)c2)cc2cc[nH]c12. The van der Waals surface area contributed by atoms with E-state index in [1.54, 1.807) is 30.5 Å². The Morgan fingerprint density at radius 1 is 1.11 bits per heavy atom. The zero-order valence-corrected chi connectivity index (χ0v) is 10.1. The number of hydrogen-bond acceptors (Lipinski definition) is 2. The third-order valence-corrected chi connectivity index (χ3v) is 3.10. The van der Waals surface area contributed by atoms with E-state index in [9.17, 15) is 9.90 Å². The molecule has 1 aromatic heterocycles. The molecule has 0 saturated carbocycles. The van der Waals surface area contributed by atoms with Gasteiger partial charge in [0.15, 0.2) is 0 Å². The van der Waals surface area contributed by atoms with Crippen LogP contribution in [-0.4, -0.2) is 16.0 Å². The molecular weight excluding hydrogens is 240 g/mol. The minimum absolute atomic E-state index is 0.187. The Labute approximate surface area is 109 Å². The van der Waals surface area contributed by atoms with E-state index in [4.69, 9.17) is 5.73 Å². The van der Waals surface area contributed by atoms with Crippen molar-refractivity contribution in [1.82, 2.24) is 4.98 Å². The third-order valence-electron chi connectivity index (χ3n) is 3.10. The molecule has 3 aromatic rings. The standard InChI is InChI=1S/C15H12N2O2/c16-15(19)13-8-11(6-10-4-5-17-14(10)13)9-2-1-3-12(18)7-9/h1-8,17-18H,(H2,16,19). The summed E-state index contributed by atoms with van der Waals surface area (Å²) in [5, 5.41) is 10.4. The number of fused-ring (bicyclic) bond motifs is 1. The molecule has 94 valence electrons. The van der Waals surface area contributed by atoms with Gasteiger partial charge in [0.25, 0.3) is 5.91 Å². The molecule has 1 amide bonds. The molecule has 0 unspecified atom stereocenters. The normalized spacial score (nSPS) is 10.7. The molecular formula is C15H12N2O2. The van der Waals surface area contributed by atoms with Crippen LogP contribution in [0.15, 0.2) is 48.7 Å². The van der Waals surface area contributed by atoms with Crippen molar-refractivity contribution in [2.75, 3.05) is 0 Å². The van der Waals surface area contributed by atoms with Gasteiger partial charge in [-0.1, -0.05) is 12.1 Å². The largest absolute Gasteiger partial charge is 0.508 e. The van der Waals surface area contributed by atoms with Crippen LogP contribution in [0.5, 0.6) is 5.75 Å². The van der Waals surface area contributed by atoms with Crippen LogP contribution in [0.2, 0.25) is 0 Å². The summed E-state index contributed by atoms with van der Waals surface area (Å²) in [4.78, 5) is 14.5. The lowest BCUT2D eigenvalue weighted by molar-refractivity contribution is 0.100. The molecule has 0 fully saturated rings. The second-order valence-corrected chi connectivity index (χ2v) is 4.38. The van der Waals surface area contributed by atoms with Crippen molar-refractivity contribution in [3.8, 4) is 16.9 Å². The summed E-state index contributed by atoms with van der Waals surface area (Å²) in [5.74, 6) is -0.290. The van der Waals surface area contributed by atoms with E-state index < -0.39 is 5.91 Å². The van der Waals surface area contributed by atoms with Crippen molar-refractivity contribution in [1.29, 1.82) is 0 Å². The van der Waals surface area contributed by atoms with Gasteiger partial charge in [-0.15, -0.1) is 0 Å². The van der Waals surface area contributed by atoms with Gasteiger partial charge in [0, 0.05) is 11.6 Å². The first-order chi connectivity index (χ1) is 9.15. The maximum Gasteiger partial charge on any atom is 0.250 e. The van der Waals surface area contributed by atoms with Gasteiger partial charge in [-0.3, -0.25) is 4.79 Å². The zero-order chi connectivity index (χ0) is 13.4. The Morgan fingerprint density at radius 3 is 2.68 bits per heavy atom. The first kappa shape index (κ1) is 11.3. The molecule has 0 aliphatic heterocycles. The highest BCUT2D eigenvalue weighted by molar-refractivity contribution is 6.06. The van der Waals surface area contributed by atoms with E-state index >= 15 is 0 Å². The molecule has 4 nitrogen and oxygen atoms in total. The maximum absolute atomic E-state index is 11.5. The molecule has 0 aliphatic carbocycles. The Balaban J connectivity index is 2.27. The van der Waals surface area contributed by atoms with Crippen molar-refractivity contribution in [3.63, 3.8) is 0 Å². The maximum atomic E-state index is 11.5. The lowest BCUT2D eigenvalue weighted by Crippen LogP contribution is -2.11. The van der Waals surface area contributed by atoms with E-state index in [-0.39, 0.29) is 5.75 Å². The van der Waals surface area contributed by atoms with E-state index in [1.165, 1.54) is 0 Å². The monoisotopic (exact) mass is 252 g/mol. The van der Waals surface area contributed by atoms with Crippen LogP contribution in [0, 0.1) is 0 Å². The van der Waals surface area contributed by atoms with Gasteiger partial charge in [-0.05, 0) is 41.5 Å². The predicted octanol–water partition coefficient (Wildman–Crippen LogP) is 2.64. The number of rotatable bonds is 2. The van der Waals surface area contributed by atoms with Gasteiger partial charge in [0.1, 0.15) is 5.75 Å². The van der Waals surface area contributed by atoms with Gasteiger partial charge in [-0.2, -0.15) is 0 Å². The average molecular weight is 252 g/mol. The van der Waals surface area contributed by atoms with E-state index in [0.29, 0.717) is 5.56 Å². The van der Waals surface area contributed by atoms with Crippen LogP contribution in [-0.2, 0) is 0 Å². The number of phenolic OH excluding ortho intramolecular Hbond substituents is 1. The van der Waals surface area contributed by atoms with Crippen molar-refractivity contribution < 1.29 is 9.90 Å². The second-order valence-electron chi connectivity index (χ2n) is 4.38. The summed E-state index contributed by atoms with van der Waals surface area (Å²) in [6.45, 7) is 0. The van der Waals surface area contributed by atoms with Crippen LogP contribution in [0.4, 0.5) is 0 Å². The topological polar surface area (TPSA) is 79.1 Å². The minimum atomic E-state index is -0.477. The highest BCUT2D eigenvalue weighted by Gasteiger charge is 2.11. The second kappa shape index (κ2) is 4.17. The number of benzene rings is 2. The lowest BCUT2D eigenvalue weighted by atomic mass is 10.00. The summed E-state index contributed by atoms with van der Waals surface area (Å²) in [5.41, 5.74) is 8.27. The minimum Gasteiger partial charge on any atom is -0.508 e. The molecule has 0 aliphatic rings. The fourth-order valence-electron chi connectivity index (χ4n) is 2.22. The van der Waals surface area contributed by atoms with Gasteiger partial charge < -0.3 is 15.8 Å². The highest BCUT2D eigenvalue weighted by atomic mass is 16.3. The molecule has 0 atom stereocenters. The van der Waals surface area contributed by atoms with E-state index in [0.717, 1.165) is 22.0 Å².